The van der Waals surface area contributed by atoms with Crippen LogP contribution in [0.1, 0.15) is 54.6 Å². The Morgan fingerprint density at radius 3 is 2.67 bits per heavy atom. The number of anilines is 1. The standard InChI is InChI=1S/C21H23Cl2N3O/c1-13-11-21(2,3)26(4)19-10-18(23)14(9-16(13)19)12-24-25-20(27)15-7-5-6-8-17(15)22/h5-10,12-13H,11H2,1-4H3,(H,25,27)/b24-12-/t13-/m1/s1. The van der Waals surface area contributed by atoms with Crippen LogP contribution in [-0.4, -0.2) is 24.7 Å². The van der Waals surface area contributed by atoms with Crippen LogP contribution in [0.4, 0.5) is 5.69 Å². The second-order valence-electron chi connectivity index (χ2n) is 7.59. The topological polar surface area (TPSA) is 44.7 Å². The fraction of sp³-hybridized carbons (Fsp3) is 0.333. The molecule has 2 aromatic carbocycles. The summed E-state index contributed by atoms with van der Waals surface area (Å²) >= 11 is 12.5. The van der Waals surface area contributed by atoms with Gasteiger partial charge in [-0.1, -0.05) is 42.3 Å². The van der Waals surface area contributed by atoms with Gasteiger partial charge in [0.2, 0.25) is 0 Å². The van der Waals surface area contributed by atoms with Crippen LogP contribution >= 0.6 is 23.2 Å². The molecule has 142 valence electrons. The molecule has 1 amide bonds. The van der Waals surface area contributed by atoms with Crippen molar-refractivity contribution in [3.8, 4) is 0 Å². The molecule has 0 saturated carbocycles. The lowest BCUT2D eigenvalue weighted by Gasteiger charge is -2.45. The van der Waals surface area contributed by atoms with E-state index in [1.54, 1.807) is 30.5 Å². The Labute approximate surface area is 170 Å². The molecule has 2 aromatic rings. The number of nitrogens with one attached hydrogen (secondary N) is 1. The lowest BCUT2D eigenvalue weighted by molar-refractivity contribution is 0.0955. The summed E-state index contributed by atoms with van der Waals surface area (Å²) in [6, 6.07) is 10.9. The van der Waals surface area contributed by atoms with Gasteiger partial charge in [0, 0.05) is 23.8 Å². The van der Waals surface area contributed by atoms with Gasteiger partial charge in [-0.2, -0.15) is 5.10 Å². The molecule has 1 heterocycles. The van der Waals surface area contributed by atoms with E-state index in [0.717, 1.165) is 17.7 Å². The molecule has 27 heavy (non-hydrogen) atoms. The van der Waals surface area contributed by atoms with Crippen molar-refractivity contribution in [3.63, 3.8) is 0 Å². The van der Waals surface area contributed by atoms with Crippen molar-refractivity contribution < 1.29 is 4.79 Å². The first-order chi connectivity index (χ1) is 12.7. The van der Waals surface area contributed by atoms with Crippen LogP contribution in [-0.2, 0) is 0 Å². The number of rotatable bonds is 3. The van der Waals surface area contributed by atoms with E-state index in [4.69, 9.17) is 23.2 Å². The van der Waals surface area contributed by atoms with Gasteiger partial charge in [0.25, 0.3) is 5.91 Å². The minimum Gasteiger partial charge on any atom is -0.369 e. The highest BCUT2D eigenvalue weighted by molar-refractivity contribution is 6.34. The highest BCUT2D eigenvalue weighted by Crippen LogP contribution is 2.44. The Morgan fingerprint density at radius 2 is 1.96 bits per heavy atom. The summed E-state index contributed by atoms with van der Waals surface area (Å²) in [6.07, 6.45) is 2.63. The highest BCUT2D eigenvalue weighted by atomic mass is 35.5. The second kappa shape index (κ2) is 7.53. The molecule has 4 nitrogen and oxygen atoms in total. The fourth-order valence-corrected chi connectivity index (χ4v) is 4.00. The fourth-order valence-electron chi connectivity index (χ4n) is 3.57. The molecule has 1 aliphatic heterocycles. The van der Waals surface area contributed by atoms with Gasteiger partial charge >= 0.3 is 0 Å². The minimum atomic E-state index is -0.360. The van der Waals surface area contributed by atoms with Crippen LogP contribution in [0.3, 0.4) is 0 Å². The first kappa shape index (κ1) is 19.7. The van der Waals surface area contributed by atoms with Crippen LogP contribution in [0.25, 0.3) is 0 Å². The molecule has 0 unspecified atom stereocenters. The smallest absolute Gasteiger partial charge is 0.272 e. The predicted molar refractivity (Wildman–Crippen MR) is 113 cm³/mol. The quantitative estimate of drug-likeness (QED) is 0.544. The van der Waals surface area contributed by atoms with Crippen LogP contribution in [0.15, 0.2) is 41.5 Å². The van der Waals surface area contributed by atoms with Crippen molar-refractivity contribution in [2.75, 3.05) is 11.9 Å². The number of hydrogen-bond acceptors (Lipinski definition) is 3. The van der Waals surface area contributed by atoms with E-state index >= 15 is 0 Å². The van der Waals surface area contributed by atoms with Crippen molar-refractivity contribution in [1.82, 2.24) is 5.43 Å². The normalized spacial score (nSPS) is 18.4. The van der Waals surface area contributed by atoms with E-state index in [1.807, 2.05) is 6.07 Å². The van der Waals surface area contributed by atoms with Crippen LogP contribution in [0, 0.1) is 0 Å². The average Bonchev–Trinajstić information content (AvgIpc) is 2.60. The zero-order valence-electron chi connectivity index (χ0n) is 15.9. The molecule has 0 saturated heterocycles. The number of carbonyl (C=O) groups excluding carboxylic acids is 1. The third-order valence-electron chi connectivity index (χ3n) is 5.24. The first-order valence-electron chi connectivity index (χ1n) is 8.86. The van der Waals surface area contributed by atoms with Gasteiger partial charge in [0.05, 0.1) is 21.8 Å². The number of benzene rings is 2. The van der Waals surface area contributed by atoms with Gasteiger partial charge in [0.1, 0.15) is 0 Å². The van der Waals surface area contributed by atoms with Gasteiger partial charge in [0.15, 0.2) is 0 Å². The van der Waals surface area contributed by atoms with E-state index in [9.17, 15) is 4.79 Å². The summed E-state index contributed by atoms with van der Waals surface area (Å²) in [6.45, 7) is 6.70. The zero-order valence-corrected chi connectivity index (χ0v) is 17.4. The highest BCUT2D eigenvalue weighted by Gasteiger charge is 2.34. The summed E-state index contributed by atoms with van der Waals surface area (Å²) in [5.41, 5.74) is 6.11. The molecule has 1 atom stereocenters. The number of hydrazone groups is 1. The van der Waals surface area contributed by atoms with E-state index in [-0.39, 0.29) is 11.4 Å². The number of hydrogen-bond donors (Lipinski definition) is 1. The van der Waals surface area contributed by atoms with Gasteiger partial charge in [-0.25, -0.2) is 5.43 Å². The van der Waals surface area contributed by atoms with Crippen molar-refractivity contribution >= 4 is 41.0 Å². The number of amides is 1. The molecule has 0 aromatic heterocycles. The molecule has 1 aliphatic rings. The minimum absolute atomic E-state index is 0.0777. The lowest BCUT2D eigenvalue weighted by atomic mass is 9.80. The molecule has 3 rings (SSSR count). The third kappa shape index (κ3) is 3.97. The van der Waals surface area contributed by atoms with Crippen molar-refractivity contribution in [2.24, 2.45) is 5.10 Å². The molecule has 0 fully saturated rings. The Bertz CT molecular complexity index is 908. The largest absolute Gasteiger partial charge is 0.369 e. The van der Waals surface area contributed by atoms with Gasteiger partial charge in [-0.15, -0.1) is 0 Å². The van der Waals surface area contributed by atoms with Crippen LogP contribution < -0.4 is 10.3 Å². The van der Waals surface area contributed by atoms with Crippen LogP contribution in [0.2, 0.25) is 10.0 Å². The molecule has 1 N–H and O–H groups in total. The number of halogens is 2. The number of nitrogens with zero attached hydrogens (tertiary/aromatic N) is 2. The molecule has 0 spiro atoms. The molecule has 0 aliphatic carbocycles. The maximum atomic E-state index is 12.2. The van der Waals surface area contributed by atoms with Gasteiger partial charge < -0.3 is 4.90 Å². The summed E-state index contributed by atoms with van der Waals surface area (Å²) in [4.78, 5) is 14.5. The van der Waals surface area contributed by atoms with Crippen molar-refractivity contribution in [3.05, 3.63) is 63.1 Å². The van der Waals surface area contributed by atoms with Gasteiger partial charge in [-0.05, 0) is 56.0 Å². The van der Waals surface area contributed by atoms with E-state index < -0.39 is 0 Å². The van der Waals surface area contributed by atoms with E-state index in [2.05, 4.69) is 49.3 Å². The zero-order chi connectivity index (χ0) is 19.8. The molecular weight excluding hydrogens is 381 g/mol. The maximum absolute atomic E-state index is 12.2. The third-order valence-corrected chi connectivity index (χ3v) is 5.90. The predicted octanol–water partition coefficient (Wildman–Crippen LogP) is 5.48. The Balaban J connectivity index is 1.82. The maximum Gasteiger partial charge on any atom is 0.272 e. The van der Waals surface area contributed by atoms with Crippen LogP contribution in [0.5, 0.6) is 0 Å². The molecule has 0 radical (unpaired) electrons. The molecular formula is C21H23Cl2N3O. The summed E-state index contributed by atoms with van der Waals surface area (Å²) < 4.78 is 0. The Hall–Kier alpha value is -2.04. The summed E-state index contributed by atoms with van der Waals surface area (Å²) in [5, 5.41) is 5.04. The molecule has 0 bridgehead atoms. The SMILES string of the molecule is C[C@@H]1CC(C)(C)N(C)c2cc(Cl)c(/C=N\NC(=O)c3ccccc3Cl)cc21. The Morgan fingerprint density at radius 1 is 1.26 bits per heavy atom. The Kier molecular flexibility index (Phi) is 5.50. The number of carbonyl (C=O) groups is 1. The van der Waals surface area contributed by atoms with Gasteiger partial charge in [-0.3, -0.25) is 4.79 Å². The van der Waals surface area contributed by atoms with E-state index in [1.165, 1.54) is 5.56 Å². The van der Waals surface area contributed by atoms with E-state index in [0.29, 0.717) is 21.5 Å². The second-order valence-corrected chi connectivity index (χ2v) is 8.40. The first-order valence-corrected chi connectivity index (χ1v) is 9.61. The van der Waals surface area contributed by atoms with Crippen molar-refractivity contribution in [2.45, 2.75) is 38.6 Å². The molecule has 6 heteroatoms. The number of fused-ring (bicyclic) bond motifs is 1. The monoisotopic (exact) mass is 403 g/mol. The lowest BCUT2D eigenvalue weighted by Crippen LogP contribution is -2.45. The summed E-state index contributed by atoms with van der Waals surface area (Å²) in [5.74, 6) is 0.0501. The van der Waals surface area contributed by atoms with Crippen molar-refractivity contribution in [1.29, 1.82) is 0 Å². The average molecular weight is 404 g/mol. The summed E-state index contributed by atoms with van der Waals surface area (Å²) in [7, 11) is 2.10.